The largest absolute Gasteiger partial charge is 0.496 e. The maximum absolute atomic E-state index is 12.5. The van der Waals surface area contributed by atoms with Crippen LogP contribution in [0.5, 0.6) is 5.75 Å². The van der Waals surface area contributed by atoms with E-state index < -0.39 is 5.60 Å². The molecule has 1 N–H and O–H groups in total. The highest BCUT2D eigenvalue weighted by molar-refractivity contribution is 6.01. The minimum absolute atomic E-state index is 0.102. The second-order valence-electron chi connectivity index (χ2n) is 6.90. The third-order valence-corrected chi connectivity index (χ3v) is 4.95. The third kappa shape index (κ3) is 2.30. The van der Waals surface area contributed by atoms with E-state index in [1.807, 2.05) is 36.4 Å². The van der Waals surface area contributed by atoms with Crippen molar-refractivity contribution in [2.45, 2.75) is 31.8 Å². The normalized spacial score (nSPS) is 21.8. The summed E-state index contributed by atoms with van der Waals surface area (Å²) in [5.41, 5.74) is 1.26. The lowest BCUT2D eigenvalue weighted by molar-refractivity contribution is -0.144. The van der Waals surface area contributed by atoms with E-state index in [1.165, 1.54) is 0 Å². The lowest BCUT2D eigenvalue weighted by Crippen LogP contribution is -2.38. The lowest BCUT2D eigenvalue weighted by Gasteiger charge is -2.27. The van der Waals surface area contributed by atoms with Gasteiger partial charge in [0.25, 0.3) is 0 Å². The van der Waals surface area contributed by atoms with Crippen LogP contribution in [0, 0.1) is 0 Å². The van der Waals surface area contributed by atoms with E-state index >= 15 is 0 Å². The predicted octanol–water partition coefficient (Wildman–Crippen LogP) is 3.04. The molecule has 1 atom stereocenters. The Bertz CT molecular complexity index is 942. The molecule has 0 fully saturated rings. The summed E-state index contributed by atoms with van der Waals surface area (Å²) in [7, 11) is 1.63. The molecule has 0 radical (unpaired) electrons. The average molecular weight is 337 g/mol. The van der Waals surface area contributed by atoms with Crippen molar-refractivity contribution < 1.29 is 19.1 Å². The summed E-state index contributed by atoms with van der Waals surface area (Å²) in [6, 6.07) is 11.7. The van der Waals surface area contributed by atoms with Gasteiger partial charge in [-0.25, -0.2) is 4.79 Å². The molecule has 2 heterocycles. The maximum atomic E-state index is 12.5. The Kier molecular flexibility index (Phi) is 3.35. The number of nitrogens with one attached hydrogen (secondary N) is 1. The highest BCUT2D eigenvalue weighted by Crippen LogP contribution is 2.45. The van der Waals surface area contributed by atoms with Crippen LogP contribution in [0.1, 0.15) is 31.7 Å². The van der Waals surface area contributed by atoms with E-state index in [0.717, 1.165) is 22.1 Å². The summed E-state index contributed by atoms with van der Waals surface area (Å²) in [4.78, 5) is 24.8. The minimum Gasteiger partial charge on any atom is -0.496 e. The lowest BCUT2D eigenvalue weighted by atomic mass is 9.81. The molecular weight excluding hydrogens is 318 g/mol. The van der Waals surface area contributed by atoms with Crippen molar-refractivity contribution in [2.75, 3.05) is 7.11 Å². The van der Waals surface area contributed by atoms with Gasteiger partial charge in [0.15, 0.2) is 0 Å². The Morgan fingerprint density at radius 1 is 1.12 bits per heavy atom. The monoisotopic (exact) mass is 337 g/mol. The molecule has 0 spiro atoms. The Morgan fingerprint density at radius 3 is 2.56 bits per heavy atom. The number of amides is 1. The highest BCUT2D eigenvalue weighted by Gasteiger charge is 2.47. The number of cyclic esters (lactones) is 1. The van der Waals surface area contributed by atoms with Crippen LogP contribution >= 0.6 is 0 Å². The predicted molar refractivity (Wildman–Crippen MR) is 93.2 cm³/mol. The summed E-state index contributed by atoms with van der Waals surface area (Å²) in [6.45, 7) is 3.59. The van der Waals surface area contributed by atoms with Gasteiger partial charge in [0, 0.05) is 17.7 Å². The summed E-state index contributed by atoms with van der Waals surface area (Å²) in [5.74, 6) is -0.0168. The molecule has 2 aliphatic heterocycles. The molecule has 1 amide bonds. The SMILES string of the molecule is COc1ccc(C2CC(=O)NC3=C2C(=O)OC3(C)C)c2ccccc12. The van der Waals surface area contributed by atoms with Gasteiger partial charge < -0.3 is 14.8 Å². The molecular formula is C20H19NO4. The molecule has 0 aromatic heterocycles. The number of benzene rings is 2. The number of hydrogen-bond donors (Lipinski definition) is 1. The molecule has 4 rings (SSSR count). The summed E-state index contributed by atoms with van der Waals surface area (Å²) < 4.78 is 10.9. The number of hydrogen-bond acceptors (Lipinski definition) is 4. The van der Waals surface area contributed by atoms with E-state index in [2.05, 4.69) is 5.32 Å². The van der Waals surface area contributed by atoms with Crippen LogP contribution in [0.15, 0.2) is 47.7 Å². The van der Waals surface area contributed by atoms with Crippen LogP contribution in [0.2, 0.25) is 0 Å². The van der Waals surface area contributed by atoms with Crippen molar-refractivity contribution >= 4 is 22.6 Å². The molecule has 0 saturated heterocycles. The first-order valence-electron chi connectivity index (χ1n) is 8.26. The van der Waals surface area contributed by atoms with Crippen molar-refractivity contribution in [1.29, 1.82) is 0 Å². The maximum Gasteiger partial charge on any atom is 0.337 e. The van der Waals surface area contributed by atoms with E-state index in [4.69, 9.17) is 9.47 Å². The fourth-order valence-electron chi connectivity index (χ4n) is 3.82. The molecule has 1 unspecified atom stereocenters. The van der Waals surface area contributed by atoms with Gasteiger partial charge >= 0.3 is 5.97 Å². The first-order chi connectivity index (χ1) is 11.9. The second-order valence-corrected chi connectivity index (χ2v) is 6.90. The number of esters is 1. The van der Waals surface area contributed by atoms with Crippen molar-refractivity contribution in [1.82, 2.24) is 5.32 Å². The Balaban J connectivity index is 1.96. The molecule has 0 saturated carbocycles. The number of methoxy groups -OCH3 is 1. The summed E-state index contributed by atoms with van der Waals surface area (Å²) in [6.07, 6.45) is 0.223. The number of ether oxygens (including phenoxy) is 2. The van der Waals surface area contributed by atoms with Gasteiger partial charge in [0.2, 0.25) is 5.91 Å². The zero-order chi connectivity index (χ0) is 17.8. The van der Waals surface area contributed by atoms with Crippen LogP contribution in [-0.4, -0.2) is 24.6 Å². The molecule has 0 bridgehead atoms. The van der Waals surface area contributed by atoms with Gasteiger partial charge in [-0.3, -0.25) is 4.79 Å². The van der Waals surface area contributed by atoms with Gasteiger partial charge in [-0.2, -0.15) is 0 Å². The fourth-order valence-corrected chi connectivity index (χ4v) is 3.82. The fraction of sp³-hybridized carbons (Fsp3) is 0.300. The standard InChI is InChI=1S/C20H19NO4/c1-20(2)18-17(19(23)25-20)14(10-16(22)21-18)12-8-9-15(24-3)13-7-5-4-6-11(12)13/h4-9,14H,10H2,1-3H3,(H,21,22). The zero-order valence-corrected chi connectivity index (χ0v) is 14.4. The number of carbonyl (C=O) groups excluding carboxylic acids is 2. The first-order valence-corrected chi connectivity index (χ1v) is 8.26. The summed E-state index contributed by atoms with van der Waals surface area (Å²) >= 11 is 0. The smallest absolute Gasteiger partial charge is 0.337 e. The highest BCUT2D eigenvalue weighted by atomic mass is 16.6. The third-order valence-electron chi connectivity index (χ3n) is 4.95. The average Bonchev–Trinajstić information content (AvgIpc) is 2.82. The van der Waals surface area contributed by atoms with E-state index in [1.54, 1.807) is 21.0 Å². The molecule has 2 aromatic rings. The molecule has 5 nitrogen and oxygen atoms in total. The van der Waals surface area contributed by atoms with Crippen molar-refractivity contribution in [3.05, 3.63) is 53.2 Å². The van der Waals surface area contributed by atoms with Gasteiger partial charge in [-0.15, -0.1) is 0 Å². The Labute approximate surface area is 145 Å². The van der Waals surface area contributed by atoms with Crippen LogP contribution in [0.4, 0.5) is 0 Å². The Hall–Kier alpha value is -2.82. The number of rotatable bonds is 2. The van der Waals surface area contributed by atoms with Gasteiger partial charge in [-0.05, 0) is 30.9 Å². The molecule has 2 aromatic carbocycles. The molecule has 0 aliphatic carbocycles. The van der Waals surface area contributed by atoms with Crippen molar-refractivity contribution in [3.63, 3.8) is 0 Å². The quantitative estimate of drug-likeness (QED) is 0.856. The number of carbonyl (C=O) groups is 2. The summed E-state index contributed by atoms with van der Waals surface area (Å²) in [5, 5.41) is 4.78. The van der Waals surface area contributed by atoms with E-state index in [-0.39, 0.29) is 24.2 Å². The van der Waals surface area contributed by atoms with Crippen LogP contribution in [0.25, 0.3) is 10.8 Å². The second kappa shape index (κ2) is 5.34. The Morgan fingerprint density at radius 2 is 1.84 bits per heavy atom. The molecule has 25 heavy (non-hydrogen) atoms. The first kappa shape index (κ1) is 15.7. The van der Waals surface area contributed by atoms with Gasteiger partial charge in [0.1, 0.15) is 11.4 Å². The molecule has 5 heteroatoms. The topological polar surface area (TPSA) is 64.6 Å². The molecule has 128 valence electrons. The van der Waals surface area contributed by atoms with E-state index in [0.29, 0.717) is 11.3 Å². The van der Waals surface area contributed by atoms with Crippen molar-refractivity contribution in [2.24, 2.45) is 0 Å². The van der Waals surface area contributed by atoms with Gasteiger partial charge in [0.05, 0.1) is 18.4 Å². The van der Waals surface area contributed by atoms with E-state index in [9.17, 15) is 9.59 Å². The minimum atomic E-state index is -0.816. The van der Waals surface area contributed by atoms with Crippen LogP contribution < -0.4 is 10.1 Å². The van der Waals surface area contributed by atoms with Crippen molar-refractivity contribution in [3.8, 4) is 5.75 Å². The number of fused-ring (bicyclic) bond motifs is 1. The van der Waals surface area contributed by atoms with Crippen LogP contribution in [-0.2, 0) is 14.3 Å². The zero-order valence-electron chi connectivity index (χ0n) is 14.4. The molecule has 2 aliphatic rings. The van der Waals surface area contributed by atoms with Gasteiger partial charge in [-0.1, -0.05) is 30.3 Å². The van der Waals surface area contributed by atoms with Crippen LogP contribution in [0.3, 0.4) is 0 Å².